The number of rotatable bonds is 7. The van der Waals surface area contributed by atoms with E-state index in [1.54, 1.807) is 4.90 Å². The van der Waals surface area contributed by atoms with Gasteiger partial charge >= 0.3 is 0 Å². The SMILES string of the molecule is CC(C)c1nsc(O[C@H]2CCCC(F)(F)[C@@H]2CC(=O)N2CCC(C)(c3noc([C@@H]4C[C@@H]4F)n3)CC2)n1. The highest BCUT2D eigenvalue weighted by Crippen LogP contribution is 2.45. The maximum atomic E-state index is 15.0. The van der Waals surface area contributed by atoms with Gasteiger partial charge in [-0.05, 0) is 32.1 Å². The van der Waals surface area contributed by atoms with Crippen molar-refractivity contribution in [1.29, 1.82) is 0 Å². The van der Waals surface area contributed by atoms with Gasteiger partial charge in [0.25, 0.3) is 11.1 Å². The van der Waals surface area contributed by atoms with E-state index >= 15 is 0 Å². The molecule has 3 heterocycles. The first-order chi connectivity index (χ1) is 17.1. The van der Waals surface area contributed by atoms with Crippen LogP contribution < -0.4 is 4.74 Å². The number of alkyl halides is 3. The Morgan fingerprint density at radius 2 is 1.97 bits per heavy atom. The molecule has 4 atom stereocenters. The quantitative estimate of drug-likeness (QED) is 0.499. The van der Waals surface area contributed by atoms with Crippen LogP contribution >= 0.6 is 11.5 Å². The van der Waals surface area contributed by atoms with Gasteiger partial charge in [-0.25, -0.2) is 13.2 Å². The molecule has 1 amide bonds. The number of hydrogen-bond donors (Lipinski definition) is 0. The molecule has 0 radical (unpaired) electrons. The second kappa shape index (κ2) is 9.57. The monoisotopic (exact) mass is 527 g/mol. The number of carbonyl (C=O) groups excluding carboxylic acids is 1. The van der Waals surface area contributed by atoms with Gasteiger partial charge in [-0.15, -0.1) is 0 Å². The summed E-state index contributed by atoms with van der Waals surface area (Å²) in [4.78, 5) is 23.5. The zero-order valence-corrected chi connectivity index (χ0v) is 21.6. The van der Waals surface area contributed by atoms with E-state index in [1.807, 2.05) is 20.8 Å². The summed E-state index contributed by atoms with van der Waals surface area (Å²) >= 11 is 1.06. The van der Waals surface area contributed by atoms with Gasteiger partial charge in [-0.3, -0.25) is 4.79 Å². The molecule has 8 nitrogen and oxygen atoms in total. The molecule has 0 aromatic carbocycles. The molecule has 36 heavy (non-hydrogen) atoms. The Hall–Kier alpha value is -2.24. The zero-order chi connectivity index (χ0) is 25.7. The van der Waals surface area contributed by atoms with Crippen LogP contribution in [0.1, 0.15) is 95.1 Å². The van der Waals surface area contributed by atoms with Crippen molar-refractivity contribution in [1.82, 2.24) is 24.4 Å². The van der Waals surface area contributed by atoms with Crippen molar-refractivity contribution in [2.45, 2.75) is 101 Å². The minimum Gasteiger partial charge on any atom is -0.465 e. The summed E-state index contributed by atoms with van der Waals surface area (Å²) in [6.45, 7) is 6.72. The van der Waals surface area contributed by atoms with Gasteiger partial charge < -0.3 is 14.2 Å². The number of amides is 1. The first-order valence-corrected chi connectivity index (χ1v) is 13.5. The van der Waals surface area contributed by atoms with E-state index in [-0.39, 0.29) is 35.8 Å². The van der Waals surface area contributed by atoms with E-state index in [9.17, 15) is 18.0 Å². The number of halogens is 3. The highest BCUT2D eigenvalue weighted by Gasteiger charge is 2.50. The van der Waals surface area contributed by atoms with Crippen LogP contribution in [0.5, 0.6) is 5.19 Å². The fourth-order valence-electron chi connectivity index (χ4n) is 5.09. The Balaban J connectivity index is 1.21. The van der Waals surface area contributed by atoms with Gasteiger partial charge in [-0.1, -0.05) is 25.9 Å². The van der Waals surface area contributed by atoms with Crippen LogP contribution in [0.3, 0.4) is 0 Å². The lowest BCUT2D eigenvalue weighted by Gasteiger charge is -2.40. The molecule has 2 saturated carbocycles. The normalized spacial score (nSPS) is 29.4. The van der Waals surface area contributed by atoms with Crippen LogP contribution in [-0.2, 0) is 10.2 Å². The van der Waals surface area contributed by atoms with Gasteiger partial charge in [0.1, 0.15) is 18.1 Å². The number of carbonyl (C=O) groups is 1. The molecule has 2 aromatic heterocycles. The van der Waals surface area contributed by atoms with Crippen molar-refractivity contribution >= 4 is 17.4 Å². The molecule has 0 N–H and O–H groups in total. The molecule has 2 aromatic rings. The number of piperidine rings is 1. The number of aromatic nitrogens is 4. The summed E-state index contributed by atoms with van der Waals surface area (Å²) in [6.07, 6.45) is 0.0966. The van der Waals surface area contributed by atoms with E-state index in [4.69, 9.17) is 9.26 Å². The van der Waals surface area contributed by atoms with Gasteiger partial charge in [0.15, 0.2) is 5.82 Å². The highest BCUT2D eigenvalue weighted by molar-refractivity contribution is 7.07. The van der Waals surface area contributed by atoms with Crippen molar-refractivity contribution in [3.8, 4) is 5.19 Å². The first-order valence-electron chi connectivity index (χ1n) is 12.7. The predicted molar refractivity (Wildman–Crippen MR) is 125 cm³/mol. The topological polar surface area (TPSA) is 94.2 Å². The molecule has 1 aliphatic heterocycles. The number of ether oxygens (including phenoxy) is 1. The van der Waals surface area contributed by atoms with Crippen molar-refractivity contribution in [3.05, 3.63) is 17.5 Å². The summed E-state index contributed by atoms with van der Waals surface area (Å²) in [5.41, 5.74) is -0.411. The molecule has 198 valence electrons. The van der Waals surface area contributed by atoms with Crippen LogP contribution in [0, 0.1) is 5.92 Å². The van der Waals surface area contributed by atoms with Crippen LogP contribution in [0.25, 0.3) is 0 Å². The zero-order valence-electron chi connectivity index (χ0n) is 20.8. The molecule has 0 unspecified atom stereocenters. The van der Waals surface area contributed by atoms with E-state index < -0.39 is 29.5 Å². The Bertz CT molecular complexity index is 1080. The number of likely N-dealkylation sites (tertiary alicyclic amines) is 1. The maximum absolute atomic E-state index is 15.0. The Kier molecular flexibility index (Phi) is 6.76. The average Bonchev–Trinajstić information content (AvgIpc) is 3.20. The molecular weight excluding hydrogens is 495 g/mol. The standard InChI is InChI=1S/C24H32F3N5O3S/c1-13(2)19-28-22(36-31-19)34-17-5-4-6-24(26,27)15(17)12-18(33)32-9-7-23(3,8-10-32)21-29-20(35-30-21)14-11-16(14)25/h13-17H,4-12H2,1-3H3/t14-,15-,16+,17+/m1/s1. The van der Waals surface area contributed by atoms with Crippen molar-refractivity contribution in [3.63, 3.8) is 0 Å². The van der Waals surface area contributed by atoms with Gasteiger partial charge in [0, 0.05) is 48.8 Å². The highest BCUT2D eigenvalue weighted by atomic mass is 32.1. The van der Waals surface area contributed by atoms with Crippen LogP contribution in [0.15, 0.2) is 4.52 Å². The van der Waals surface area contributed by atoms with Crippen molar-refractivity contribution in [2.75, 3.05) is 13.1 Å². The fraction of sp³-hybridized carbons (Fsp3) is 0.792. The lowest BCUT2D eigenvalue weighted by atomic mass is 9.78. The third-order valence-corrected chi connectivity index (χ3v) is 8.43. The summed E-state index contributed by atoms with van der Waals surface area (Å²) in [5, 5.41) is 4.35. The van der Waals surface area contributed by atoms with Crippen LogP contribution in [0.4, 0.5) is 13.2 Å². The largest absolute Gasteiger partial charge is 0.465 e. The number of nitrogens with zero attached hydrogens (tertiary/aromatic N) is 5. The summed E-state index contributed by atoms with van der Waals surface area (Å²) in [7, 11) is 0. The fourth-order valence-corrected chi connectivity index (χ4v) is 5.82. The lowest BCUT2D eigenvalue weighted by molar-refractivity contribution is -0.152. The van der Waals surface area contributed by atoms with Crippen molar-refractivity contribution in [2.24, 2.45) is 5.92 Å². The van der Waals surface area contributed by atoms with E-state index in [2.05, 4.69) is 19.5 Å². The summed E-state index contributed by atoms with van der Waals surface area (Å²) < 4.78 is 58.7. The smallest absolute Gasteiger partial charge is 0.293 e. The minimum absolute atomic E-state index is 0.113. The molecular formula is C24H32F3N5O3S. The molecule has 12 heteroatoms. The van der Waals surface area contributed by atoms with Crippen LogP contribution in [0.2, 0.25) is 0 Å². The van der Waals surface area contributed by atoms with Crippen molar-refractivity contribution < 1.29 is 27.2 Å². The van der Waals surface area contributed by atoms with Gasteiger partial charge in [0.05, 0.1) is 11.8 Å². The van der Waals surface area contributed by atoms with Gasteiger partial charge in [0.2, 0.25) is 11.8 Å². The first kappa shape index (κ1) is 25.4. The molecule has 0 bridgehead atoms. The molecule has 0 spiro atoms. The maximum Gasteiger partial charge on any atom is 0.293 e. The molecule has 3 aliphatic rings. The van der Waals surface area contributed by atoms with E-state index in [0.717, 1.165) is 11.5 Å². The van der Waals surface area contributed by atoms with E-state index in [1.165, 1.54) is 0 Å². The third kappa shape index (κ3) is 5.10. The third-order valence-electron chi connectivity index (χ3n) is 7.81. The second-order valence-corrected chi connectivity index (χ2v) is 11.7. The molecule has 2 aliphatic carbocycles. The van der Waals surface area contributed by atoms with Crippen LogP contribution in [-0.4, -0.2) is 61.6 Å². The predicted octanol–water partition coefficient (Wildman–Crippen LogP) is 5.02. The van der Waals surface area contributed by atoms with E-state index in [0.29, 0.717) is 62.7 Å². The van der Waals surface area contributed by atoms with Gasteiger partial charge in [-0.2, -0.15) is 14.3 Å². The summed E-state index contributed by atoms with van der Waals surface area (Å²) in [6, 6.07) is 0. The Morgan fingerprint density at radius 1 is 1.25 bits per heavy atom. The second-order valence-electron chi connectivity index (χ2n) is 10.9. The number of hydrogen-bond acceptors (Lipinski definition) is 8. The molecule has 1 saturated heterocycles. The molecule has 5 rings (SSSR count). The minimum atomic E-state index is -2.99. The average molecular weight is 528 g/mol. The molecule has 3 fully saturated rings. The summed E-state index contributed by atoms with van der Waals surface area (Å²) in [5.74, 6) is -3.23. The lowest BCUT2D eigenvalue weighted by Crippen LogP contribution is -2.49. The Labute approximate surface area is 212 Å². The Morgan fingerprint density at radius 3 is 2.61 bits per heavy atom.